The Kier molecular flexibility index (Phi) is 5.89. The van der Waals surface area contributed by atoms with Gasteiger partial charge in [0.25, 0.3) is 0 Å². The van der Waals surface area contributed by atoms with Gasteiger partial charge in [0.1, 0.15) is 5.75 Å². The van der Waals surface area contributed by atoms with Gasteiger partial charge in [0, 0.05) is 5.02 Å². The standard InChI is InChI=1S/C16H16Cl2N2OS/c1-10(11-3-6-13(21-2)7-4-11)19-16(22)20-15-9-12(17)5-8-14(15)18/h3-10H,1-2H3,(H2,19,20,22). The highest BCUT2D eigenvalue weighted by Crippen LogP contribution is 2.25. The Morgan fingerprint density at radius 2 is 1.82 bits per heavy atom. The molecule has 6 heteroatoms. The number of thiocarbonyl (C=S) groups is 1. The molecule has 0 aromatic heterocycles. The summed E-state index contributed by atoms with van der Waals surface area (Å²) in [6, 6.07) is 13.0. The molecule has 0 saturated heterocycles. The number of anilines is 1. The Hall–Kier alpha value is -1.49. The van der Waals surface area contributed by atoms with Crippen LogP contribution in [0.3, 0.4) is 0 Å². The van der Waals surface area contributed by atoms with Gasteiger partial charge >= 0.3 is 0 Å². The maximum Gasteiger partial charge on any atom is 0.171 e. The predicted octanol–water partition coefficient (Wildman–Crippen LogP) is 5.05. The van der Waals surface area contributed by atoms with Crippen molar-refractivity contribution in [3.05, 3.63) is 58.1 Å². The summed E-state index contributed by atoms with van der Waals surface area (Å²) in [5.74, 6) is 0.822. The summed E-state index contributed by atoms with van der Waals surface area (Å²) in [5.41, 5.74) is 1.77. The summed E-state index contributed by atoms with van der Waals surface area (Å²) >= 11 is 17.4. The average Bonchev–Trinajstić information content (AvgIpc) is 2.51. The highest BCUT2D eigenvalue weighted by Gasteiger charge is 2.09. The number of hydrogen-bond acceptors (Lipinski definition) is 2. The van der Waals surface area contributed by atoms with Crippen molar-refractivity contribution < 1.29 is 4.74 Å². The molecular weight excluding hydrogens is 339 g/mol. The lowest BCUT2D eigenvalue weighted by molar-refractivity contribution is 0.414. The van der Waals surface area contributed by atoms with Crippen LogP contribution in [-0.2, 0) is 0 Å². The lowest BCUT2D eigenvalue weighted by Gasteiger charge is -2.18. The molecule has 0 radical (unpaired) electrons. The fraction of sp³-hybridized carbons (Fsp3) is 0.188. The summed E-state index contributed by atoms with van der Waals surface area (Å²) < 4.78 is 5.15. The third kappa shape index (κ3) is 4.50. The van der Waals surface area contributed by atoms with Crippen LogP contribution < -0.4 is 15.4 Å². The second-order valence-electron chi connectivity index (χ2n) is 4.72. The highest BCUT2D eigenvalue weighted by atomic mass is 35.5. The first-order valence-corrected chi connectivity index (χ1v) is 7.82. The number of ether oxygens (including phenoxy) is 1. The van der Waals surface area contributed by atoms with E-state index in [2.05, 4.69) is 10.6 Å². The maximum atomic E-state index is 6.10. The van der Waals surface area contributed by atoms with E-state index in [1.54, 1.807) is 25.3 Å². The van der Waals surface area contributed by atoms with Crippen LogP contribution in [0.1, 0.15) is 18.5 Å². The molecule has 22 heavy (non-hydrogen) atoms. The minimum Gasteiger partial charge on any atom is -0.497 e. The molecule has 2 aromatic carbocycles. The van der Waals surface area contributed by atoms with E-state index in [0.29, 0.717) is 20.8 Å². The Bertz CT molecular complexity index is 662. The van der Waals surface area contributed by atoms with E-state index in [1.807, 2.05) is 31.2 Å². The van der Waals surface area contributed by atoms with E-state index in [9.17, 15) is 0 Å². The minimum atomic E-state index is 0.0452. The van der Waals surface area contributed by atoms with Gasteiger partial charge in [-0.3, -0.25) is 0 Å². The smallest absolute Gasteiger partial charge is 0.171 e. The molecule has 0 spiro atoms. The summed E-state index contributed by atoms with van der Waals surface area (Å²) in [4.78, 5) is 0. The van der Waals surface area contributed by atoms with Gasteiger partial charge in [-0.1, -0.05) is 35.3 Å². The zero-order valence-corrected chi connectivity index (χ0v) is 14.5. The van der Waals surface area contributed by atoms with Crippen molar-refractivity contribution in [3.63, 3.8) is 0 Å². The molecule has 116 valence electrons. The Morgan fingerprint density at radius 3 is 2.45 bits per heavy atom. The molecule has 0 aliphatic carbocycles. The van der Waals surface area contributed by atoms with E-state index in [0.717, 1.165) is 11.3 Å². The molecule has 0 bridgehead atoms. The molecule has 1 atom stereocenters. The van der Waals surface area contributed by atoms with Gasteiger partial charge in [-0.05, 0) is 55.0 Å². The first-order valence-electron chi connectivity index (χ1n) is 6.66. The van der Waals surface area contributed by atoms with Gasteiger partial charge in [-0.25, -0.2) is 0 Å². The number of halogens is 2. The van der Waals surface area contributed by atoms with E-state index in [1.165, 1.54) is 0 Å². The van der Waals surface area contributed by atoms with E-state index >= 15 is 0 Å². The quantitative estimate of drug-likeness (QED) is 0.752. The van der Waals surface area contributed by atoms with E-state index < -0.39 is 0 Å². The third-order valence-corrected chi connectivity index (χ3v) is 3.92. The Labute approximate surface area is 145 Å². The molecule has 1 unspecified atom stereocenters. The van der Waals surface area contributed by atoms with Crippen LogP contribution in [0.2, 0.25) is 10.0 Å². The molecule has 3 nitrogen and oxygen atoms in total. The normalized spacial score (nSPS) is 11.6. The predicted molar refractivity (Wildman–Crippen MR) is 97.2 cm³/mol. The molecular formula is C16H16Cl2N2OS. The molecule has 2 N–H and O–H groups in total. The van der Waals surface area contributed by atoms with Crippen LogP contribution in [-0.4, -0.2) is 12.2 Å². The lowest BCUT2D eigenvalue weighted by atomic mass is 10.1. The van der Waals surface area contributed by atoms with Gasteiger partial charge in [0.15, 0.2) is 5.11 Å². The summed E-state index contributed by atoms with van der Waals surface area (Å²) in [7, 11) is 1.64. The molecule has 2 rings (SSSR count). The van der Waals surface area contributed by atoms with Crippen LogP contribution in [0.5, 0.6) is 5.75 Å². The lowest BCUT2D eigenvalue weighted by Crippen LogP contribution is -2.31. The molecule has 0 saturated carbocycles. The van der Waals surface area contributed by atoms with Gasteiger partial charge in [-0.2, -0.15) is 0 Å². The average molecular weight is 355 g/mol. The van der Waals surface area contributed by atoms with Crippen molar-refractivity contribution in [2.45, 2.75) is 13.0 Å². The number of methoxy groups -OCH3 is 1. The van der Waals surface area contributed by atoms with Crippen molar-refractivity contribution >= 4 is 46.2 Å². The SMILES string of the molecule is COc1ccc(C(C)NC(=S)Nc2cc(Cl)ccc2Cl)cc1. The monoisotopic (exact) mass is 354 g/mol. The van der Waals surface area contributed by atoms with Gasteiger partial charge in [-0.15, -0.1) is 0 Å². The van der Waals surface area contributed by atoms with Crippen molar-refractivity contribution in [2.24, 2.45) is 0 Å². The van der Waals surface area contributed by atoms with E-state index in [-0.39, 0.29) is 6.04 Å². The second-order valence-corrected chi connectivity index (χ2v) is 5.97. The summed E-state index contributed by atoms with van der Waals surface area (Å²) in [6.45, 7) is 2.02. The summed E-state index contributed by atoms with van der Waals surface area (Å²) in [5, 5.41) is 7.90. The zero-order chi connectivity index (χ0) is 16.1. The van der Waals surface area contributed by atoms with Crippen LogP contribution in [0.25, 0.3) is 0 Å². The Morgan fingerprint density at radius 1 is 1.14 bits per heavy atom. The number of benzene rings is 2. The first kappa shape index (κ1) is 16.9. The molecule has 0 fully saturated rings. The van der Waals surface area contributed by atoms with Crippen LogP contribution >= 0.6 is 35.4 Å². The van der Waals surface area contributed by atoms with Crippen LogP contribution in [0.4, 0.5) is 5.69 Å². The summed E-state index contributed by atoms with van der Waals surface area (Å²) in [6.07, 6.45) is 0. The second kappa shape index (κ2) is 7.68. The zero-order valence-electron chi connectivity index (χ0n) is 12.2. The largest absolute Gasteiger partial charge is 0.497 e. The molecule has 0 aliphatic rings. The Balaban J connectivity index is 2.00. The fourth-order valence-electron chi connectivity index (χ4n) is 1.92. The van der Waals surface area contributed by atoms with Gasteiger partial charge < -0.3 is 15.4 Å². The van der Waals surface area contributed by atoms with Crippen molar-refractivity contribution in [1.82, 2.24) is 5.32 Å². The van der Waals surface area contributed by atoms with Crippen molar-refractivity contribution in [1.29, 1.82) is 0 Å². The topological polar surface area (TPSA) is 33.3 Å². The van der Waals surface area contributed by atoms with Gasteiger partial charge in [0.2, 0.25) is 0 Å². The highest BCUT2D eigenvalue weighted by molar-refractivity contribution is 7.80. The number of hydrogen-bond donors (Lipinski definition) is 2. The van der Waals surface area contributed by atoms with Crippen LogP contribution in [0, 0.1) is 0 Å². The molecule has 0 aliphatic heterocycles. The van der Waals surface area contributed by atoms with Gasteiger partial charge in [0.05, 0.1) is 23.9 Å². The maximum absolute atomic E-state index is 6.10. The van der Waals surface area contributed by atoms with E-state index in [4.69, 9.17) is 40.2 Å². The first-order chi connectivity index (χ1) is 10.5. The minimum absolute atomic E-state index is 0.0452. The van der Waals surface area contributed by atoms with Crippen molar-refractivity contribution in [3.8, 4) is 5.75 Å². The molecule has 0 heterocycles. The molecule has 0 amide bonds. The number of rotatable bonds is 4. The molecule has 2 aromatic rings. The third-order valence-electron chi connectivity index (χ3n) is 3.14. The van der Waals surface area contributed by atoms with Crippen molar-refractivity contribution in [2.75, 3.05) is 12.4 Å². The number of nitrogens with one attached hydrogen (secondary N) is 2. The van der Waals surface area contributed by atoms with Crippen LogP contribution in [0.15, 0.2) is 42.5 Å². The fourth-order valence-corrected chi connectivity index (χ4v) is 2.55.